The van der Waals surface area contributed by atoms with Gasteiger partial charge in [-0.05, 0) is 18.6 Å². The highest BCUT2D eigenvalue weighted by molar-refractivity contribution is 9.10. The van der Waals surface area contributed by atoms with Gasteiger partial charge in [0.25, 0.3) is 0 Å². The van der Waals surface area contributed by atoms with Crippen molar-refractivity contribution in [3.63, 3.8) is 0 Å². The standard InChI is InChI=1S/C16H25BrN2O/c1-2-3-4-5-15(19-10-8-18-9-11-19)14-7-6-13(17)12-16(14)20/h6-7,12,15,18,20H,2-5,8-11H2,1H3/t15-/m1/s1. The molecule has 1 heterocycles. The highest BCUT2D eigenvalue weighted by Gasteiger charge is 2.23. The van der Waals surface area contributed by atoms with Crippen LogP contribution in [0.5, 0.6) is 5.75 Å². The van der Waals surface area contributed by atoms with Crippen molar-refractivity contribution in [2.75, 3.05) is 26.2 Å². The lowest BCUT2D eigenvalue weighted by Crippen LogP contribution is -2.45. The van der Waals surface area contributed by atoms with E-state index >= 15 is 0 Å². The lowest BCUT2D eigenvalue weighted by atomic mass is 9.97. The maximum atomic E-state index is 10.3. The van der Waals surface area contributed by atoms with Gasteiger partial charge >= 0.3 is 0 Å². The molecule has 1 aliphatic rings. The Kier molecular flexibility index (Phi) is 6.33. The van der Waals surface area contributed by atoms with Crippen LogP contribution < -0.4 is 5.32 Å². The smallest absolute Gasteiger partial charge is 0.121 e. The van der Waals surface area contributed by atoms with E-state index in [1.807, 2.05) is 12.1 Å². The summed E-state index contributed by atoms with van der Waals surface area (Å²) >= 11 is 3.42. The van der Waals surface area contributed by atoms with Crippen LogP contribution in [0.1, 0.15) is 44.2 Å². The first-order valence-corrected chi connectivity index (χ1v) is 8.45. The molecule has 1 atom stereocenters. The van der Waals surface area contributed by atoms with E-state index in [1.54, 1.807) is 0 Å². The van der Waals surface area contributed by atoms with E-state index in [1.165, 1.54) is 19.3 Å². The van der Waals surface area contributed by atoms with Crippen LogP contribution in [0.3, 0.4) is 0 Å². The molecule has 2 rings (SSSR count). The summed E-state index contributed by atoms with van der Waals surface area (Å²) in [7, 11) is 0. The summed E-state index contributed by atoms with van der Waals surface area (Å²) in [6, 6.07) is 6.25. The predicted molar refractivity (Wildman–Crippen MR) is 87.1 cm³/mol. The number of nitrogens with one attached hydrogen (secondary N) is 1. The Hall–Kier alpha value is -0.580. The number of rotatable bonds is 6. The Morgan fingerprint density at radius 1 is 1.30 bits per heavy atom. The number of hydrogen-bond donors (Lipinski definition) is 2. The Morgan fingerprint density at radius 2 is 2.05 bits per heavy atom. The van der Waals surface area contributed by atoms with Gasteiger partial charge in [0, 0.05) is 42.3 Å². The fourth-order valence-electron chi connectivity index (χ4n) is 2.91. The van der Waals surface area contributed by atoms with E-state index < -0.39 is 0 Å². The highest BCUT2D eigenvalue weighted by Crippen LogP contribution is 2.34. The maximum absolute atomic E-state index is 10.3. The Morgan fingerprint density at radius 3 is 2.70 bits per heavy atom. The molecule has 3 nitrogen and oxygen atoms in total. The van der Waals surface area contributed by atoms with Crippen molar-refractivity contribution in [3.8, 4) is 5.75 Å². The summed E-state index contributed by atoms with van der Waals surface area (Å²) in [6.07, 6.45) is 4.85. The predicted octanol–water partition coefficient (Wildman–Crippen LogP) is 3.68. The highest BCUT2D eigenvalue weighted by atomic mass is 79.9. The molecular formula is C16H25BrN2O. The van der Waals surface area contributed by atoms with Crippen LogP contribution in [0.4, 0.5) is 0 Å². The van der Waals surface area contributed by atoms with Crippen molar-refractivity contribution >= 4 is 15.9 Å². The number of phenols is 1. The zero-order chi connectivity index (χ0) is 14.4. The third-order valence-corrected chi connectivity index (χ3v) is 4.52. The summed E-state index contributed by atoms with van der Waals surface area (Å²) in [5, 5.41) is 13.7. The van der Waals surface area contributed by atoms with Gasteiger partial charge in [0.2, 0.25) is 0 Å². The summed E-state index contributed by atoms with van der Waals surface area (Å²) in [5.74, 6) is 0.416. The number of phenolic OH excluding ortho intramolecular Hbond substituents is 1. The van der Waals surface area contributed by atoms with E-state index in [0.29, 0.717) is 11.8 Å². The van der Waals surface area contributed by atoms with Crippen molar-refractivity contribution in [3.05, 3.63) is 28.2 Å². The van der Waals surface area contributed by atoms with Gasteiger partial charge < -0.3 is 10.4 Å². The van der Waals surface area contributed by atoms with Crippen LogP contribution in [0, 0.1) is 0 Å². The molecule has 2 N–H and O–H groups in total. The molecule has 1 saturated heterocycles. The average molecular weight is 341 g/mol. The Labute approximate surface area is 130 Å². The molecule has 1 aliphatic heterocycles. The fraction of sp³-hybridized carbons (Fsp3) is 0.625. The second-order valence-electron chi connectivity index (χ2n) is 5.50. The van der Waals surface area contributed by atoms with Gasteiger partial charge in [-0.1, -0.05) is 48.2 Å². The molecule has 0 aliphatic carbocycles. The van der Waals surface area contributed by atoms with E-state index in [0.717, 1.165) is 42.6 Å². The molecule has 0 bridgehead atoms. The van der Waals surface area contributed by atoms with Crippen LogP contribution in [-0.2, 0) is 0 Å². The molecule has 20 heavy (non-hydrogen) atoms. The molecule has 112 valence electrons. The summed E-state index contributed by atoms with van der Waals surface area (Å²) < 4.78 is 0.936. The normalized spacial score (nSPS) is 18.1. The Balaban J connectivity index is 2.15. The molecule has 0 radical (unpaired) electrons. The first-order chi connectivity index (χ1) is 9.72. The molecule has 1 aromatic rings. The van der Waals surface area contributed by atoms with Gasteiger partial charge in [-0.25, -0.2) is 0 Å². The van der Waals surface area contributed by atoms with Crippen molar-refractivity contribution in [2.24, 2.45) is 0 Å². The number of hydrogen-bond acceptors (Lipinski definition) is 3. The topological polar surface area (TPSA) is 35.5 Å². The quantitative estimate of drug-likeness (QED) is 0.775. The van der Waals surface area contributed by atoms with Gasteiger partial charge in [-0.15, -0.1) is 0 Å². The lowest BCUT2D eigenvalue weighted by Gasteiger charge is -2.35. The van der Waals surface area contributed by atoms with Crippen LogP contribution in [0.15, 0.2) is 22.7 Å². The first-order valence-electron chi connectivity index (χ1n) is 7.65. The fourth-order valence-corrected chi connectivity index (χ4v) is 3.26. The minimum absolute atomic E-state index is 0.344. The monoisotopic (exact) mass is 340 g/mol. The van der Waals surface area contributed by atoms with Crippen LogP contribution in [0.2, 0.25) is 0 Å². The molecule has 4 heteroatoms. The van der Waals surface area contributed by atoms with Crippen LogP contribution in [0.25, 0.3) is 0 Å². The number of nitrogens with zero attached hydrogens (tertiary/aromatic N) is 1. The maximum Gasteiger partial charge on any atom is 0.121 e. The summed E-state index contributed by atoms with van der Waals surface area (Å²) in [4.78, 5) is 2.51. The van der Waals surface area contributed by atoms with Gasteiger partial charge in [0.1, 0.15) is 5.75 Å². The van der Waals surface area contributed by atoms with Crippen molar-refractivity contribution in [1.29, 1.82) is 0 Å². The third-order valence-electron chi connectivity index (χ3n) is 4.02. The number of unbranched alkanes of at least 4 members (excludes halogenated alkanes) is 2. The lowest BCUT2D eigenvalue weighted by molar-refractivity contribution is 0.160. The minimum atomic E-state index is 0.344. The third kappa shape index (κ3) is 4.21. The number of benzene rings is 1. The minimum Gasteiger partial charge on any atom is -0.508 e. The van der Waals surface area contributed by atoms with Crippen molar-refractivity contribution < 1.29 is 5.11 Å². The molecule has 0 spiro atoms. The van der Waals surface area contributed by atoms with E-state index in [2.05, 4.69) is 39.1 Å². The molecular weight excluding hydrogens is 316 g/mol. The average Bonchev–Trinajstić information content (AvgIpc) is 2.46. The van der Waals surface area contributed by atoms with Gasteiger partial charge in [-0.2, -0.15) is 0 Å². The second kappa shape index (κ2) is 8.01. The molecule has 0 unspecified atom stereocenters. The molecule has 0 amide bonds. The van der Waals surface area contributed by atoms with Crippen molar-refractivity contribution in [2.45, 2.75) is 38.6 Å². The largest absolute Gasteiger partial charge is 0.508 e. The molecule has 1 fully saturated rings. The van der Waals surface area contributed by atoms with Crippen LogP contribution in [-0.4, -0.2) is 36.2 Å². The van der Waals surface area contributed by atoms with Gasteiger partial charge in [-0.3, -0.25) is 4.90 Å². The van der Waals surface area contributed by atoms with Gasteiger partial charge in [0.05, 0.1) is 0 Å². The number of piperazine rings is 1. The molecule has 0 saturated carbocycles. The zero-order valence-electron chi connectivity index (χ0n) is 12.2. The SMILES string of the molecule is CCCCC[C@H](c1ccc(Br)cc1O)N1CCNCC1. The second-order valence-corrected chi connectivity index (χ2v) is 6.42. The first kappa shape index (κ1) is 15.8. The number of halogens is 1. The van der Waals surface area contributed by atoms with E-state index in [-0.39, 0.29) is 0 Å². The van der Waals surface area contributed by atoms with Crippen molar-refractivity contribution in [1.82, 2.24) is 10.2 Å². The zero-order valence-corrected chi connectivity index (χ0v) is 13.8. The summed E-state index contributed by atoms with van der Waals surface area (Å²) in [5.41, 5.74) is 1.08. The van der Waals surface area contributed by atoms with Gasteiger partial charge in [0.15, 0.2) is 0 Å². The van der Waals surface area contributed by atoms with E-state index in [9.17, 15) is 5.11 Å². The van der Waals surface area contributed by atoms with Crippen LogP contribution >= 0.6 is 15.9 Å². The Bertz CT molecular complexity index is 419. The molecule has 0 aromatic heterocycles. The summed E-state index contributed by atoms with van der Waals surface area (Å²) in [6.45, 7) is 6.44. The van der Waals surface area contributed by atoms with E-state index in [4.69, 9.17) is 0 Å². The number of aromatic hydroxyl groups is 1. The molecule has 1 aromatic carbocycles.